The van der Waals surface area contributed by atoms with E-state index in [1.165, 1.54) is 0 Å². The van der Waals surface area contributed by atoms with E-state index in [1.54, 1.807) is 0 Å². The van der Waals surface area contributed by atoms with Crippen molar-refractivity contribution in [2.45, 2.75) is 12.1 Å². The summed E-state index contributed by atoms with van der Waals surface area (Å²) in [5.41, 5.74) is 4.20. The number of nitro benzene ring substituents is 1. The summed E-state index contributed by atoms with van der Waals surface area (Å²) in [6, 6.07) is 2.94. The molecule has 17 heavy (non-hydrogen) atoms. The molecule has 1 aromatic rings. The Morgan fingerprint density at radius 2 is 2.06 bits per heavy atom. The van der Waals surface area contributed by atoms with E-state index in [0.29, 0.717) is 0 Å². The van der Waals surface area contributed by atoms with Gasteiger partial charge in [0, 0.05) is 12.6 Å². The molecule has 4 nitrogen and oxygen atoms in total. The summed E-state index contributed by atoms with van der Waals surface area (Å²) in [6.07, 6.45) is -4.55. The van der Waals surface area contributed by atoms with Crippen LogP contribution in [0.15, 0.2) is 18.2 Å². The summed E-state index contributed by atoms with van der Waals surface area (Å²) in [5.74, 6) is -1.93. The highest BCUT2D eigenvalue weighted by Gasteiger charge is 2.40. The molecule has 8 heteroatoms. The van der Waals surface area contributed by atoms with E-state index in [1.807, 2.05) is 0 Å². The fraction of sp³-hybridized carbons (Fsp3) is 0.333. The quantitative estimate of drug-likeness (QED) is 0.677. The van der Waals surface area contributed by atoms with Crippen molar-refractivity contribution in [3.05, 3.63) is 38.9 Å². The summed E-state index contributed by atoms with van der Waals surface area (Å²) in [5, 5.41) is 10.3. The van der Waals surface area contributed by atoms with Crippen LogP contribution in [0.2, 0.25) is 5.02 Å². The Morgan fingerprint density at radius 3 is 2.47 bits per heavy atom. The van der Waals surface area contributed by atoms with Gasteiger partial charge in [-0.15, -0.1) is 0 Å². The third-order valence-electron chi connectivity index (χ3n) is 2.20. The Bertz CT molecular complexity index is 437. The first-order valence-electron chi connectivity index (χ1n) is 4.48. The highest BCUT2D eigenvalue weighted by Crippen LogP contribution is 2.36. The minimum Gasteiger partial charge on any atom is -0.330 e. The molecule has 0 radical (unpaired) electrons. The van der Waals surface area contributed by atoms with Gasteiger partial charge in [-0.1, -0.05) is 17.7 Å². The molecule has 2 N–H and O–H groups in total. The molecule has 0 spiro atoms. The Balaban J connectivity index is 3.23. The number of benzene rings is 1. The molecular formula is C9H8ClF3N2O2. The van der Waals surface area contributed by atoms with E-state index in [-0.39, 0.29) is 10.6 Å². The van der Waals surface area contributed by atoms with Crippen LogP contribution in [0.25, 0.3) is 0 Å². The van der Waals surface area contributed by atoms with Crippen molar-refractivity contribution in [1.29, 1.82) is 0 Å². The van der Waals surface area contributed by atoms with E-state index in [2.05, 4.69) is 0 Å². The maximum Gasteiger partial charge on any atom is 0.396 e. The first-order valence-corrected chi connectivity index (χ1v) is 4.85. The molecule has 0 aliphatic rings. The van der Waals surface area contributed by atoms with Crippen molar-refractivity contribution in [3.63, 3.8) is 0 Å². The second-order valence-electron chi connectivity index (χ2n) is 3.30. The predicted molar refractivity (Wildman–Crippen MR) is 56.0 cm³/mol. The van der Waals surface area contributed by atoms with Crippen LogP contribution in [0.1, 0.15) is 11.5 Å². The largest absolute Gasteiger partial charge is 0.396 e. The molecule has 0 heterocycles. The molecule has 0 bridgehead atoms. The molecule has 1 rings (SSSR count). The van der Waals surface area contributed by atoms with E-state index < -0.39 is 29.2 Å². The van der Waals surface area contributed by atoms with Crippen LogP contribution in [0, 0.1) is 10.1 Å². The maximum absolute atomic E-state index is 12.6. The first kappa shape index (κ1) is 13.7. The Labute approximate surface area is 99.3 Å². The molecule has 0 aliphatic heterocycles. The minimum atomic E-state index is -4.55. The Morgan fingerprint density at radius 1 is 1.47 bits per heavy atom. The molecule has 1 unspecified atom stereocenters. The minimum absolute atomic E-state index is 0.211. The number of nitro groups is 1. The fourth-order valence-electron chi connectivity index (χ4n) is 1.35. The smallest absolute Gasteiger partial charge is 0.330 e. The summed E-state index contributed by atoms with van der Waals surface area (Å²) in [4.78, 5) is 9.71. The van der Waals surface area contributed by atoms with Crippen molar-refractivity contribution in [3.8, 4) is 0 Å². The third-order valence-corrected chi connectivity index (χ3v) is 2.52. The van der Waals surface area contributed by atoms with Crippen molar-refractivity contribution in [2.24, 2.45) is 5.73 Å². The molecule has 0 saturated carbocycles. The highest BCUT2D eigenvalue weighted by atomic mass is 35.5. The number of rotatable bonds is 3. The van der Waals surface area contributed by atoms with Crippen LogP contribution in [0.3, 0.4) is 0 Å². The zero-order chi connectivity index (χ0) is 13.2. The van der Waals surface area contributed by atoms with Crippen LogP contribution in [0.4, 0.5) is 18.9 Å². The van der Waals surface area contributed by atoms with Crippen LogP contribution in [0.5, 0.6) is 0 Å². The normalized spacial score (nSPS) is 13.5. The SMILES string of the molecule is NCC(c1ccc(Cl)c([N+](=O)[O-])c1)C(F)(F)F. The lowest BCUT2D eigenvalue weighted by Crippen LogP contribution is -2.28. The van der Waals surface area contributed by atoms with Gasteiger partial charge in [-0.2, -0.15) is 13.2 Å². The molecule has 0 amide bonds. The standard InChI is InChI=1S/C9H8ClF3N2O2/c10-7-2-1-5(3-8(7)15(16)17)6(4-14)9(11,12)13/h1-3,6H,4,14H2. The zero-order valence-corrected chi connectivity index (χ0v) is 9.13. The lowest BCUT2D eigenvalue weighted by atomic mass is 9.98. The van der Waals surface area contributed by atoms with Crippen LogP contribution >= 0.6 is 11.6 Å². The lowest BCUT2D eigenvalue weighted by Gasteiger charge is -2.18. The number of hydrogen-bond donors (Lipinski definition) is 1. The van der Waals surface area contributed by atoms with Crippen molar-refractivity contribution in [2.75, 3.05) is 6.54 Å². The van der Waals surface area contributed by atoms with Gasteiger partial charge in [0.25, 0.3) is 5.69 Å². The van der Waals surface area contributed by atoms with Gasteiger partial charge in [-0.25, -0.2) is 0 Å². The molecule has 1 atom stereocenters. The average molecular weight is 269 g/mol. The van der Waals surface area contributed by atoms with Gasteiger partial charge in [0.1, 0.15) is 5.02 Å². The highest BCUT2D eigenvalue weighted by molar-refractivity contribution is 6.32. The van der Waals surface area contributed by atoms with Gasteiger partial charge >= 0.3 is 6.18 Å². The maximum atomic E-state index is 12.6. The van der Waals surface area contributed by atoms with E-state index in [0.717, 1.165) is 18.2 Å². The zero-order valence-electron chi connectivity index (χ0n) is 8.37. The van der Waals surface area contributed by atoms with Crippen LogP contribution in [-0.2, 0) is 0 Å². The molecule has 0 aliphatic carbocycles. The number of halogens is 4. The second kappa shape index (κ2) is 4.89. The van der Waals surface area contributed by atoms with Gasteiger partial charge < -0.3 is 5.73 Å². The number of nitrogens with zero attached hydrogens (tertiary/aromatic N) is 1. The number of alkyl halides is 3. The number of hydrogen-bond acceptors (Lipinski definition) is 3. The fourth-order valence-corrected chi connectivity index (χ4v) is 1.53. The molecule has 1 aromatic carbocycles. The van der Waals surface area contributed by atoms with Gasteiger partial charge in [-0.05, 0) is 11.6 Å². The van der Waals surface area contributed by atoms with Crippen LogP contribution < -0.4 is 5.73 Å². The molecule has 0 fully saturated rings. The van der Waals surface area contributed by atoms with Gasteiger partial charge in [0.15, 0.2) is 0 Å². The number of nitrogens with two attached hydrogens (primary N) is 1. The predicted octanol–water partition coefficient (Wildman–Crippen LogP) is 2.85. The first-order chi connectivity index (χ1) is 7.77. The summed E-state index contributed by atoms with van der Waals surface area (Å²) < 4.78 is 37.7. The molecule has 0 aromatic heterocycles. The van der Waals surface area contributed by atoms with E-state index in [4.69, 9.17) is 17.3 Å². The van der Waals surface area contributed by atoms with E-state index >= 15 is 0 Å². The lowest BCUT2D eigenvalue weighted by molar-refractivity contribution is -0.384. The topological polar surface area (TPSA) is 69.2 Å². The van der Waals surface area contributed by atoms with Crippen LogP contribution in [-0.4, -0.2) is 17.6 Å². The summed E-state index contributed by atoms with van der Waals surface area (Å²) >= 11 is 5.50. The van der Waals surface area contributed by atoms with Gasteiger partial charge in [-0.3, -0.25) is 10.1 Å². The summed E-state index contributed by atoms with van der Waals surface area (Å²) in [7, 11) is 0. The summed E-state index contributed by atoms with van der Waals surface area (Å²) in [6.45, 7) is -0.678. The van der Waals surface area contributed by atoms with Gasteiger partial charge in [0.05, 0.1) is 10.8 Å². The average Bonchev–Trinajstić information content (AvgIpc) is 2.19. The Hall–Kier alpha value is -1.34. The second-order valence-corrected chi connectivity index (χ2v) is 3.71. The van der Waals surface area contributed by atoms with Gasteiger partial charge in [0.2, 0.25) is 0 Å². The van der Waals surface area contributed by atoms with Crippen molar-refractivity contribution in [1.82, 2.24) is 0 Å². The molecule has 0 saturated heterocycles. The Kier molecular flexibility index (Phi) is 3.94. The molecule has 94 valence electrons. The third kappa shape index (κ3) is 3.07. The van der Waals surface area contributed by atoms with Crippen molar-refractivity contribution < 1.29 is 18.1 Å². The van der Waals surface area contributed by atoms with Crippen molar-refractivity contribution >= 4 is 17.3 Å². The molecular weight excluding hydrogens is 261 g/mol. The van der Waals surface area contributed by atoms with E-state index in [9.17, 15) is 23.3 Å². The monoisotopic (exact) mass is 268 g/mol.